The topological polar surface area (TPSA) is 63.4 Å². The second-order valence-corrected chi connectivity index (χ2v) is 4.67. The fourth-order valence-corrected chi connectivity index (χ4v) is 2.38. The zero-order chi connectivity index (χ0) is 13.0. The van der Waals surface area contributed by atoms with Crippen LogP contribution >= 0.6 is 0 Å². The number of rotatable bonds is 3. The first-order chi connectivity index (χ1) is 8.68. The Morgan fingerprint density at radius 2 is 1.94 bits per heavy atom. The first kappa shape index (κ1) is 12.6. The Morgan fingerprint density at radius 3 is 2.61 bits per heavy atom. The van der Waals surface area contributed by atoms with Gasteiger partial charge in [0.15, 0.2) is 12.3 Å². The van der Waals surface area contributed by atoms with Crippen LogP contribution in [0.25, 0.3) is 0 Å². The Morgan fingerprint density at radius 1 is 1.28 bits per heavy atom. The summed E-state index contributed by atoms with van der Waals surface area (Å²) in [6.45, 7) is 0. The van der Waals surface area contributed by atoms with Crippen molar-refractivity contribution in [3.05, 3.63) is 40.6 Å². The van der Waals surface area contributed by atoms with E-state index in [1.54, 1.807) is 18.2 Å². The van der Waals surface area contributed by atoms with Crippen LogP contribution in [0.4, 0.5) is 0 Å². The van der Waals surface area contributed by atoms with Gasteiger partial charge < -0.3 is 10.3 Å². The van der Waals surface area contributed by atoms with Crippen molar-refractivity contribution in [2.75, 3.05) is 0 Å². The molecule has 0 radical (unpaired) electrons. The van der Waals surface area contributed by atoms with Gasteiger partial charge in [-0.15, -0.1) is 0 Å². The van der Waals surface area contributed by atoms with Crippen molar-refractivity contribution < 1.29 is 14.6 Å². The third kappa shape index (κ3) is 2.88. The van der Waals surface area contributed by atoms with Gasteiger partial charge in [0, 0.05) is 12.8 Å². The smallest absolute Gasteiger partial charge is 0.336 e. The number of nitrogens with zero attached hydrogens (tertiary/aromatic N) is 1. The lowest BCUT2D eigenvalue weighted by atomic mass is 9.96. The van der Waals surface area contributed by atoms with Gasteiger partial charge in [-0.1, -0.05) is 18.6 Å². The van der Waals surface area contributed by atoms with Crippen LogP contribution < -0.4 is 0 Å². The van der Waals surface area contributed by atoms with Gasteiger partial charge in [0.1, 0.15) is 0 Å². The SMILES string of the molecule is O=C(O)c1ccccc1C=[N+]([O-])C1CCCCC1. The molecule has 0 aliphatic heterocycles. The molecule has 1 N–H and O–H groups in total. The zero-order valence-corrected chi connectivity index (χ0v) is 10.2. The molecule has 1 aromatic carbocycles. The van der Waals surface area contributed by atoms with Gasteiger partial charge in [-0.05, 0) is 25.0 Å². The number of aromatic carboxylic acids is 1. The summed E-state index contributed by atoms with van der Waals surface area (Å²) in [6, 6.07) is 6.59. The Hall–Kier alpha value is -1.84. The molecule has 0 unspecified atom stereocenters. The van der Waals surface area contributed by atoms with E-state index in [4.69, 9.17) is 5.11 Å². The van der Waals surface area contributed by atoms with Crippen molar-refractivity contribution in [1.29, 1.82) is 0 Å². The van der Waals surface area contributed by atoms with Crippen LogP contribution in [0, 0.1) is 5.21 Å². The van der Waals surface area contributed by atoms with E-state index in [0.717, 1.165) is 30.4 Å². The van der Waals surface area contributed by atoms with Gasteiger partial charge >= 0.3 is 5.97 Å². The maximum atomic E-state index is 12.0. The Bertz CT molecular complexity index is 462. The lowest BCUT2D eigenvalue weighted by Gasteiger charge is -2.20. The molecular weight excluding hydrogens is 230 g/mol. The van der Waals surface area contributed by atoms with E-state index in [1.165, 1.54) is 18.7 Å². The van der Waals surface area contributed by atoms with Crippen LogP contribution in [0.1, 0.15) is 48.0 Å². The molecule has 1 fully saturated rings. The van der Waals surface area contributed by atoms with Crippen molar-refractivity contribution in [3.63, 3.8) is 0 Å². The predicted octanol–water partition coefficient (Wildman–Crippen LogP) is 2.65. The summed E-state index contributed by atoms with van der Waals surface area (Å²) in [4.78, 5) is 11.0. The summed E-state index contributed by atoms with van der Waals surface area (Å²) >= 11 is 0. The molecule has 4 heteroatoms. The van der Waals surface area contributed by atoms with E-state index < -0.39 is 5.97 Å². The van der Waals surface area contributed by atoms with E-state index in [-0.39, 0.29) is 11.6 Å². The molecular formula is C14H17NO3. The summed E-state index contributed by atoms with van der Waals surface area (Å²) in [7, 11) is 0. The van der Waals surface area contributed by atoms with E-state index in [1.807, 2.05) is 0 Å². The van der Waals surface area contributed by atoms with E-state index >= 15 is 0 Å². The Kier molecular flexibility index (Phi) is 3.97. The molecule has 0 amide bonds. The third-order valence-electron chi connectivity index (χ3n) is 3.39. The summed E-state index contributed by atoms with van der Waals surface area (Å²) in [6.07, 6.45) is 6.57. The van der Waals surface area contributed by atoms with Crippen LogP contribution in [-0.2, 0) is 0 Å². The van der Waals surface area contributed by atoms with Gasteiger partial charge in [0.05, 0.1) is 11.1 Å². The van der Waals surface area contributed by atoms with Crippen LogP contribution in [0.3, 0.4) is 0 Å². The molecule has 0 spiro atoms. The molecule has 96 valence electrons. The van der Waals surface area contributed by atoms with Crippen LogP contribution in [0.5, 0.6) is 0 Å². The van der Waals surface area contributed by atoms with E-state index in [9.17, 15) is 10.0 Å². The van der Waals surface area contributed by atoms with Crippen LogP contribution in [0.15, 0.2) is 24.3 Å². The molecule has 0 bridgehead atoms. The molecule has 1 saturated carbocycles. The minimum Gasteiger partial charge on any atom is -0.624 e. The van der Waals surface area contributed by atoms with Gasteiger partial charge in [0.25, 0.3) is 0 Å². The Balaban J connectivity index is 2.23. The largest absolute Gasteiger partial charge is 0.624 e. The van der Waals surface area contributed by atoms with Gasteiger partial charge in [-0.25, -0.2) is 9.53 Å². The van der Waals surface area contributed by atoms with Crippen molar-refractivity contribution in [2.24, 2.45) is 0 Å². The standard InChI is InChI=1S/C14H17NO3/c16-14(17)13-9-5-4-6-11(13)10-15(18)12-7-2-1-3-8-12/h4-6,9-10,12H,1-3,7-8H2,(H,16,17). The van der Waals surface area contributed by atoms with Crippen LogP contribution in [-0.4, -0.2) is 28.1 Å². The first-order valence-electron chi connectivity index (χ1n) is 6.31. The second-order valence-electron chi connectivity index (χ2n) is 4.67. The fraction of sp³-hybridized carbons (Fsp3) is 0.429. The molecule has 0 atom stereocenters. The highest BCUT2D eigenvalue weighted by molar-refractivity contribution is 5.97. The van der Waals surface area contributed by atoms with Gasteiger partial charge in [-0.2, -0.15) is 0 Å². The number of benzene rings is 1. The quantitative estimate of drug-likeness (QED) is 0.386. The van der Waals surface area contributed by atoms with E-state index in [2.05, 4.69) is 0 Å². The van der Waals surface area contributed by atoms with Crippen molar-refractivity contribution in [1.82, 2.24) is 0 Å². The molecule has 1 aromatic rings. The molecule has 0 saturated heterocycles. The number of carboxylic acid groups (broad SMARTS) is 1. The molecule has 0 heterocycles. The molecule has 0 aromatic heterocycles. The molecule has 18 heavy (non-hydrogen) atoms. The number of carbonyl (C=O) groups is 1. The average Bonchev–Trinajstić information content (AvgIpc) is 2.40. The van der Waals surface area contributed by atoms with Crippen molar-refractivity contribution in [2.45, 2.75) is 38.1 Å². The molecule has 4 nitrogen and oxygen atoms in total. The highest BCUT2D eigenvalue weighted by Gasteiger charge is 2.20. The van der Waals surface area contributed by atoms with Crippen molar-refractivity contribution in [3.8, 4) is 0 Å². The number of hydroxylamine groups is 1. The Labute approximate surface area is 106 Å². The first-order valence-corrected chi connectivity index (χ1v) is 6.31. The number of carboxylic acids is 1. The number of hydrogen-bond donors (Lipinski definition) is 1. The lowest BCUT2D eigenvalue weighted by molar-refractivity contribution is -0.500. The minimum absolute atomic E-state index is 0.000557. The zero-order valence-electron chi connectivity index (χ0n) is 10.2. The molecule has 1 aliphatic carbocycles. The third-order valence-corrected chi connectivity index (χ3v) is 3.39. The highest BCUT2D eigenvalue weighted by Crippen LogP contribution is 2.20. The lowest BCUT2D eigenvalue weighted by Crippen LogP contribution is -2.25. The highest BCUT2D eigenvalue weighted by atomic mass is 16.5. The van der Waals surface area contributed by atoms with Gasteiger partial charge in [-0.3, -0.25) is 0 Å². The maximum Gasteiger partial charge on any atom is 0.336 e. The summed E-state index contributed by atoms with van der Waals surface area (Å²) in [5.41, 5.74) is 0.653. The normalized spacial score (nSPS) is 17.7. The van der Waals surface area contributed by atoms with Crippen LogP contribution in [0.2, 0.25) is 0 Å². The fourth-order valence-electron chi connectivity index (χ4n) is 2.38. The van der Waals surface area contributed by atoms with Crippen molar-refractivity contribution >= 4 is 12.2 Å². The average molecular weight is 247 g/mol. The summed E-state index contributed by atoms with van der Waals surface area (Å²) in [5.74, 6) is -1.00. The predicted molar refractivity (Wildman–Crippen MR) is 69.1 cm³/mol. The van der Waals surface area contributed by atoms with E-state index in [0.29, 0.717) is 5.56 Å². The summed E-state index contributed by atoms with van der Waals surface area (Å²) in [5, 5.41) is 21.1. The monoisotopic (exact) mass is 247 g/mol. The second kappa shape index (κ2) is 5.67. The summed E-state index contributed by atoms with van der Waals surface area (Å²) < 4.78 is 0.931. The number of hydrogen-bond acceptors (Lipinski definition) is 2. The minimum atomic E-state index is -1.00. The molecule has 1 aliphatic rings. The van der Waals surface area contributed by atoms with Gasteiger partial charge in [0.2, 0.25) is 0 Å². The molecule has 2 rings (SSSR count). The maximum absolute atomic E-state index is 12.0.